The lowest BCUT2D eigenvalue weighted by Gasteiger charge is -2.22. The molecule has 1 atom stereocenters. The van der Waals surface area contributed by atoms with Crippen LogP contribution in [0.5, 0.6) is 11.5 Å². The first-order chi connectivity index (χ1) is 18.3. The molecular weight excluding hydrogens is 588 g/mol. The van der Waals surface area contributed by atoms with Crippen LogP contribution < -0.4 is 14.8 Å². The summed E-state index contributed by atoms with van der Waals surface area (Å²) in [5.74, 6) is -0.571. The number of benzene rings is 3. The second kappa shape index (κ2) is 13.5. The highest BCUT2D eigenvalue weighted by Crippen LogP contribution is 2.34. The number of carboxylic acids is 1. The van der Waals surface area contributed by atoms with Crippen molar-refractivity contribution in [3.05, 3.63) is 91.4 Å². The van der Waals surface area contributed by atoms with E-state index in [9.17, 15) is 14.7 Å². The Kier molecular flexibility index (Phi) is 10.6. The van der Waals surface area contributed by atoms with Crippen LogP contribution in [-0.2, 0) is 29.2 Å². The Morgan fingerprint density at radius 3 is 1.77 bits per heavy atom. The van der Waals surface area contributed by atoms with E-state index in [2.05, 4.69) is 5.32 Å². The summed E-state index contributed by atoms with van der Waals surface area (Å²) < 4.78 is 17.2. The van der Waals surface area contributed by atoms with Crippen LogP contribution in [0.3, 0.4) is 0 Å². The molecule has 3 rings (SSSR count). The van der Waals surface area contributed by atoms with Crippen molar-refractivity contribution in [2.24, 2.45) is 0 Å². The third kappa shape index (κ3) is 9.11. The minimum absolute atomic E-state index is 0.0175. The second-order valence-electron chi connectivity index (χ2n) is 9.50. The molecule has 0 fully saturated rings. The van der Waals surface area contributed by atoms with Gasteiger partial charge < -0.3 is 24.6 Å². The van der Waals surface area contributed by atoms with Gasteiger partial charge in [-0.2, -0.15) is 0 Å². The summed E-state index contributed by atoms with van der Waals surface area (Å²) in [5.41, 5.74) is 0.943. The summed E-state index contributed by atoms with van der Waals surface area (Å²) >= 11 is 25.2. The highest BCUT2D eigenvalue weighted by molar-refractivity contribution is 6.36. The number of alkyl carbamates (subject to hydrolysis) is 1. The molecule has 2 N–H and O–H groups in total. The first kappa shape index (κ1) is 30.7. The Labute approximate surface area is 246 Å². The van der Waals surface area contributed by atoms with Crippen molar-refractivity contribution in [2.75, 3.05) is 0 Å². The quantitative estimate of drug-likeness (QED) is 0.240. The average molecular weight is 615 g/mol. The van der Waals surface area contributed by atoms with Crippen LogP contribution >= 0.6 is 46.4 Å². The lowest BCUT2D eigenvalue weighted by atomic mass is 10.1. The Hall–Kier alpha value is -2.84. The molecule has 208 valence electrons. The third-order valence-corrected chi connectivity index (χ3v) is 6.72. The molecule has 0 aliphatic rings. The molecule has 0 aliphatic carbocycles. The van der Waals surface area contributed by atoms with Gasteiger partial charge in [0.15, 0.2) is 11.5 Å². The lowest BCUT2D eigenvalue weighted by molar-refractivity contribution is -0.139. The van der Waals surface area contributed by atoms with Gasteiger partial charge >= 0.3 is 12.1 Å². The van der Waals surface area contributed by atoms with E-state index in [0.29, 0.717) is 48.3 Å². The normalized spacial score (nSPS) is 12.0. The van der Waals surface area contributed by atoms with Gasteiger partial charge in [0, 0.05) is 37.6 Å². The predicted molar refractivity (Wildman–Crippen MR) is 153 cm³/mol. The molecule has 0 aliphatic heterocycles. The maximum Gasteiger partial charge on any atom is 0.408 e. The molecule has 0 heterocycles. The molecule has 11 heteroatoms. The highest BCUT2D eigenvalue weighted by atomic mass is 35.5. The van der Waals surface area contributed by atoms with Crippen LogP contribution in [0.15, 0.2) is 54.6 Å². The number of hydrogen-bond acceptors (Lipinski definition) is 5. The fourth-order valence-electron chi connectivity index (χ4n) is 3.44. The molecule has 0 spiro atoms. The monoisotopic (exact) mass is 613 g/mol. The molecule has 1 amide bonds. The molecule has 0 bridgehead atoms. The number of carboxylic acid groups (broad SMARTS) is 1. The fraction of sp³-hybridized carbons (Fsp3) is 0.286. The third-order valence-electron chi connectivity index (χ3n) is 5.30. The van der Waals surface area contributed by atoms with Gasteiger partial charge in [-0.3, -0.25) is 0 Å². The van der Waals surface area contributed by atoms with E-state index in [1.165, 1.54) is 0 Å². The van der Waals surface area contributed by atoms with Crippen LogP contribution in [0.1, 0.15) is 37.5 Å². The van der Waals surface area contributed by atoms with Gasteiger partial charge in [0.1, 0.15) is 24.9 Å². The molecule has 0 aromatic heterocycles. The molecule has 0 radical (unpaired) electrons. The summed E-state index contributed by atoms with van der Waals surface area (Å²) in [4.78, 5) is 24.1. The van der Waals surface area contributed by atoms with Crippen LogP contribution in [0.4, 0.5) is 4.79 Å². The molecule has 0 unspecified atom stereocenters. The standard InChI is InChI=1S/C28H27Cl4NO6/c1-28(2,3)39-27(36)33-23(26(34)35)12-16-10-11-24(37-14-17-19(29)6-4-7-20(17)30)25(13-16)38-15-18-21(31)8-5-9-22(18)32/h4-11,13,23H,12,14-15H2,1-3H3,(H,33,36)(H,34,35)/t23-/m0/s1. The molecular formula is C28H27Cl4NO6. The number of halogens is 4. The highest BCUT2D eigenvalue weighted by Gasteiger charge is 2.25. The number of ether oxygens (including phenoxy) is 3. The Morgan fingerprint density at radius 1 is 0.821 bits per heavy atom. The summed E-state index contributed by atoms with van der Waals surface area (Å²) in [5, 5.41) is 13.8. The van der Waals surface area contributed by atoms with Gasteiger partial charge in [0.25, 0.3) is 0 Å². The maximum absolute atomic E-state index is 12.2. The van der Waals surface area contributed by atoms with E-state index in [0.717, 1.165) is 0 Å². The van der Waals surface area contributed by atoms with Gasteiger partial charge in [-0.15, -0.1) is 0 Å². The largest absolute Gasteiger partial charge is 0.485 e. The van der Waals surface area contributed by atoms with E-state index in [-0.39, 0.29) is 19.6 Å². The van der Waals surface area contributed by atoms with E-state index in [1.54, 1.807) is 75.4 Å². The van der Waals surface area contributed by atoms with Gasteiger partial charge in [-0.1, -0.05) is 64.6 Å². The summed E-state index contributed by atoms with van der Waals surface area (Å²) in [7, 11) is 0. The number of amides is 1. The SMILES string of the molecule is CC(C)(C)OC(=O)N[C@@H](Cc1ccc(OCc2c(Cl)cccc2Cl)c(OCc2c(Cl)cccc2Cl)c1)C(=O)O. The van der Waals surface area contributed by atoms with Crippen LogP contribution in [0.2, 0.25) is 20.1 Å². The minimum atomic E-state index is -1.25. The molecule has 39 heavy (non-hydrogen) atoms. The zero-order chi connectivity index (χ0) is 28.7. The molecule has 7 nitrogen and oxygen atoms in total. The first-order valence-electron chi connectivity index (χ1n) is 11.8. The minimum Gasteiger partial charge on any atom is -0.485 e. The van der Waals surface area contributed by atoms with Crippen molar-refractivity contribution >= 4 is 58.5 Å². The Bertz CT molecular complexity index is 1300. The van der Waals surface area contributed by atoms with Crippen LogP contribution in [0.25, 0.3) is 0 Å². The van der Waals surface area contributed by atoms with Gasteiger partial charge in [-0.05, 0) is 62.7 Å². The van der Waals surface area contributed by atoms with E-state index in [4.69, 9.17) is 60.6 Å². The number of carbonyl (C=O) groups is 2. The zero-order valence-electron chi connectivity index (χ0n) is 21.4. The summed E-state index contributed by atoms with van der Waals surface area (Å²) in [6.45, 7) is 5.13. The molecule has 3 aromatic carbocycles. The van der Waals surface area contributed by atoms with Crippen molar-refractivity contribution in [2.45, 2.75) is 52.0 Å². The van der Waals surface area contributed by atoms with Crippen molar-refractivity contribution in [3.8, 4) is 11.5 Å². The van der Waals surface area contributed by atoms with E-state index >= 15 is 0 Å². The Morgan fingerprint density at radius 2 is 1.31 bits per heavy atom. The van der Waals surface area contributed by atoms with Crippen LogP contribution in [-0.4, -0.2) is 28.8 Å². The fourth-order valence-corrected chi connectivity index (χ4v) is 4.45. The van der Waals surface area contributed by atoms with Gasteiger partial charge in [0.05, 0.1) is 0 Å². The second-order valence-corrected chi connectivity index (χ2v) is 11.1. The van der Waals surface area contributed by atoms with E-state index < -0.39 is 23.7 Å². The van der Waals surface area contributed by atoms with Gasteiger partial charge in [0.2, 0.25) is 0 Å². The number of nitrogens with one attached hydrogen (secondary N) is 1. The lowest BCUT2D eigenvalue weighted by Crippen LogP contribution is -2.44. The molecule has 0 saturated heterocycles. The topological polar surface area (TPSA) is 94.1 Å². The van der Waals surface area contributed by atoms with E-state index in [1.807, 2.05) is 0 Å². The Balaban J connectivity index is 1.87. The number of carbonyl (C=O) groups excluding carboxylic acids is 1. The zero-order valence-corrected chi connectivity index (χ0v) is 24.4. The summed E-state index contributed by atoms with van der Waals surface area (Å²) in [6.07, 6.45) is -0.884. The molecule has 0 saturated carbocycles. The van der Waals surface area contributed by atoms with Crippen molar-refractivity contribution in [3.63, 3.8) is 0 Å². The van der Waals surface area contributed by atoms with Crippen molar-refractivity contribution < 1.29 is 28.9 Å². The van der Waals surface area contributed by atoms with Crippen molar-refractivity contribution in [1.29, 1.82) is 0 Å². The van der Waals surface area contributed by atoms with Gasteiger partial charge in [-0.25, -0.2) is 9.59 Å². The van der Waals surface area contributed by atoms with Crippen LogP contribution in [0, 0.1) is 0 Å². The summed E-state index contributed by atoms with van der Waals surface area (Å²) in [6, 6.07) is 13.9. The maximum atomic E-state index is 12.2. The molecule has 3 aromatic rings. The first-order valence-corrected chi connectivity index (χ1v) is 13.3. The number of hydrogen-bond donors (Lipinski definition) is 2. The van der Waals surface area contributed by atoms with Crippen molar-refractivity contribution in [1.82, 2.24) is 5.32 Å². The predicted octanol–water partition coefficient (Wildman–Crippen LogP) is 7.98. The number of rotatable bonds is 10. The average Bonchev–Trinajstić information content (AvgIpc) is 2.82. The number of aliphatic carboxylic acids is 1. The smallest absolute Gasteiger partial charge is 0.408 e.